The molecule has 1 aromatic rings. The maximum Gasteiger partial charge on any atom is 0.236 e. The van der Waals surface area contributed by atoms with Crippen molar-refractivity contribution in [2.24, 2.45) is 5.73 Å². The number of hydrogen-bond acceptors (Lipinski definition) is 3. The minimum absolute atomic E-state index is 0.212. The van der Waals surface area contributed by atoms with Crippen molar-refractivity contribution in [2.75, 3.05) is 19.6 Å². The monoisotopic (exact) mass is 297 g/mol. The highest BCUT2D eigenvalue weighted by atomic mass is 79.9. The second kappa shape index (κ2) is 5.62. The number of carbonyl (C=O) groups is 1. The SMILES string of the molecule is NC(=O)C1CNCCN1Cc1ccccc1Br. The highest BCUT2D eigenvalue weighted by molar-refractivity contribution is 9.10. The normalized spacial score (nSPS) is 21.4. The number of rotatable bonds is 3. The Hall–Kier alpha value is -0.910. The van der Waals surface area contributed by atoms with Gasteiger partial charge in [0.1, 0.15) is 6.04 Å². The number of carbonyl (C=O) groups excluding carboxylic acids is 1. The first-order valence-electron chi connectivity index (χ1n) is 5.66. The molecule has 1 aliphatic rings. The first-order chi connectivity index (χ1) is 8.18. The predicted octanol–water partition coefficient (Wildman–Crippen LogP) is 0.708. The lowest BCUT2D eigenvalue weighted by atomic mass is 10.1. The molecule has 0 bridgehead atoms. The molecule has 1 atom stereocenters. The Kier molecular flexibility index (Phi) is 4.15. The van der Waals surface area contributed by atoms with Crippen LogP contribution < -0.4 is 11.1 Å². The van der Waals surface area contributed by atoms with E-state index in [0.717, 1.165) is 24.1 Å². The zero-order valence-electron chi connectivity index (χ0n) is 9.53. The molecule has 0 aromatic heterocycles. The molecule has 1 heterocycles. The summed E-state index contributed by atoms with van der Waals surface area (Å²) in [5, 5.41) is 3.19. The van der Waals surface area contributed by atoms with Gasteiger partial charge in [0.15, 0.2) is 0 Å². The lowest BCUT2D eigenvalue weighted by Crippen LogP contribution is -2.56. The van der Waals surface area contributed by atoms with Crippen LogP contribution >= 0.6 is 15.9 Å². The van der Waals surface area contributed by atoms with E-state index in [0.29, 0.717) is 6.54 Å². The summed E-state index contributed by atoms with van der Waals surface area (Å²) in [7, 11) is 0. The summed E-state index contributed by atoms with van der Waals surface area (Å²) in [6.07, 6.45) is 0. The summed E-state index contributed by atoms with van der Waals surface area (Å²) < 4.78 is 1.07. The van der Waals surface area contributed by atoms with Crippen LogP contribution in [-0.2, 0) is 11.3 Å². The van der Waals surface area contributed by atoms with E-state index in [1.807, 2.05) is 18.2 Å². The van der Waals surface area contributed by atoms with Crippen molar-refractivity contribution >= 4 is 21.8 Å². The van der Waals surface area contributed by atoms with Gasteiger partial charge in [-0.25, -0.2) is 0 Å². The van der Waals surface area contributed by atoms with Crippen LogP contribution in [0.3, 0.4) is 0 Å². The summed E-state index contributed by atoms with van der Waals surface area (Å²) in [5.41, 5.74) is 6.60. The summed E-state index contributed by atoms with van der Waals surface area (Å²) in [6.45, 7) is 3.12. The van der Waals surface area contributed by atoms with Crippen molar-refractivity contribution in [1.29, 1.82) is 0 Å². The van der Waals surface area contributed by atoms with Gasteiger partial charge in [0, 0.05) is 30.7 Å². The van der Waals surface area contributed by atoms with Gasteiger partial charge in [-0.1, -0.05) is 34.1 Å². The summed E-state index contributed by atoms with van der Waals surface area (Å²) in [5.74, 6) is -0.260. The molecule has 0 aliphatic carbocycles. The molecule has 1 amide bonds. The topological polar surface area (TPSA) is 58.4 Å². The van der Waals surface area contributed by atoms with Crippen LogP contribution in [0.15, 0.2) is 28.7 Å². The predicted molar refractivity (Wildman–Crippen MR) is 70.4 cm³/mol. The lowest BCUT2D eigenvalue weighted by molar-refractivity contribution is -0.124. The summed E-state index contributed by atoms with van der Waals surface area (Å²) in [6, 6.07) is 7.84. The van der Waals surface area contributed by atoms with E-state index in [9.17, 15) is 4.79 Å². The van der Waals surface area contributed by atoms with E-state index >= 15 is 0 Å². The molecule has 4 nitrogen and oxygen atoms in total. The van der Waals surface area contributed by atoms with Gasteiger partial charge in [-0.05, 0) is 11.6 Å². The fraction of sp³-hybridized carbons (Fsp3) is 0.417. The highest BCUT2D eigenvalue weighted by Gasteiger charge is 2.26. The quantitative estimate of drug-likeness (QED) is 0.864. The Balaban J connectivity index is 2.11. The zero-order chi connectivity index (χ0) is 12.3. The third-order valence-corrected chi connectivity index (χ3v) is 3.79. The summed E-state index contributed by atoms with van der Waals surface area (Å²) in [4.78, 5) is 13.5. The second-order valence-corrected chi connectivity index (χ2v) is 5.04. The van der Waals surface area contributed by atoms with E-state index in [2.05, 4.69) is 32.2 Å². The molecule has 0 saturated carbocycles. The van der Waals surface area contributed by atoms with Crippen LogP contribution in [0.2, 0.25) is 0 Å². The fourth-order valence-corrected chi connectivity index (χ4v) is 2.47. The van der Waals surface area contributed by atoms with E-state index in [1.54, 1.807) is 0 Å². The van der Waals surface area contributed by atoms with Crippen LogP contribution in [0.25, 0.3) is 0 Å². The van der Waals surface area contributed by atoms with E-state index in [1.165, 1.54) is 5.56 Å². The van der Waals surface area contributed by atoms with E-state index < -0.39 is 0 Å². The maximum atomic E-state index is 11.4. The Morgan fingerprint density at radius 1 is 1.53 bits per heavy atom. The average Bonchev–Trinajstić information content (AvgIpc) is 2.32. The number of piperazine rings is 1. The van der Waals surface area contributed by atoms with Crippen LogP contribution in [0.1, 0.15) is 5.56 Å². The highest BCUT2D eigenvalue weighted by Crippen LogP contribution is 2.19. The van der Waals surface area contributed by atoms with E-state index in [4.69, 9.17) is 5.73 Å². The molecule has 1 saturated heterocycles. The molecule has 17 heavy (non-hydrogen) atoms. The Morgan fingerprint density at radius 3 is 3.00 bits per heavy atom. The number of amides is 1. The van der Waals surface area contributed by atoms with Gasteiger partial charge in [0.25, 0.3) is 0 Å². The third kappa shape index (κ3) is 3.06. The van der Waals surface area contributed by atoms with Crippen molar-refractivity contribution in [3.8, 4) is 0 Å². The molecule has 1 unspecified atom stereocenters. The second-order valence-electron chi connectivity index (χ2n) is 4.18. The molecular weight excluding hydrogens is 282 g/mol. The number of nitrogens with one attached hydrogen (secondary N) is 1. The van der Waals surface area contributed by atoms with Crippen LogP contribution in [0.5, 0.6) is 0 Å². The molecule has 92 valence electrons. The first kappa shape index (κ1) is 12.5. The number of benzene rings is 1. The van der Waals surface area contributed by atoms with Gasteiger partial charge in [0.2, 0.25) is 5.91 Å². The van der Waals surface area contributed by atoms with Crippen LogP contribution in [0.4, 0.5) is 0 Å². The van der Waals surface area contributed by atoms with Gasteiger partial charge >= 0.3 is 0 Å². The fourth-order valence-electron chi connectivity index (χ4n) is 2.06. The number of nitrogens with two attached hydrogens (primary N) is 1. The third-order valence-electron chi connectivity index (χ3n) is 3.01. The average molecular weight is 298 g/mol. The van der Waals surface area contributed by atoms with Gasteiger partial charge in [-0.2, -0.15) is 0 Å². The zero-order valence-corrected chi connectivity index (χ0v) is 11.1. The van der Waals surface area contributed by atoms with Gasteiger partial charge in [-0.15, -0.1) is 0 Å². The Morgan fingerprint density at radius 2 is 2.29 bits per heavy atom. The van der Waals surface area contributed by atoms with Crippen LogP contribution in [-0.4, -0.2) is 36.5 Å². The van der Waals surface area contributed by atoms with Crippen molar-refractivity contribution in [1.82, 2.24) is 10.2 Å². The standard InChI is InChI=1S/C12H16BrN3O/c13-10-4-2-1-3-9(10)8-16-6-5-15-7-11(16)12(14)17/h1-4,11,15H,5-8H2,(H2,14,17). The van der Waals surface area contributed by atoms with Crippen molar-refractivity contribution < 1.29 is 4.79 Å². The lowest BCUT2D eigenvalue weighted by Gasteiger charge is -2.34. The number of nitrogens with zero attached hydrogens (tertiary/aromatic N) is 1. The van der Waals surface area contributed by atoms with E-state index in [-0.39, 0.29) is 11.9 Å². The number of primary amides is 1. The minimum atomic E-state index is -0.260. The molecule has 1 aromatic carbocycles. The molecule has 1 fully saturated rings. The molecule has 0 radical (unpaired) electrons. The van der Waals surface area contributed by atoms with Gasteiger partial charge in [0.05, 0.1) is 0 Å². The summed E-state index contributed by atoms with van der Waals surface area (Å²) >= 11 is 3.52. The van der Waals surface area contributed by atoms with Gasteiger partial charge in [-0.3, -0.25) is 9.69 Å². The van der Waals surface area contributed by atoms with Crippen molar-refractivity contribution in [3.63, 3.8) is 0 Å². The first-order valence-corrected chi connectivity index (χ1v) is 6.45. The minimum Gasteiger partial charge on any atom is -0.368 e. The molecule has 2 rings (SSSR count). The number of halogens is 1. The van der Waals surface area contributed by atoms with Crippen molar-refractivity contribution in [2.45, 2.75) is 12.6 Å². The number of hydrogen-bond donors (Lipinski definition) is 2. The molecular formula is C12H16BrN3O. The smallest absolute Gasteiger partial charge is 0.236 e. The Labute approximate surface area is 109 Å². The largest absolute Gasteiger partial charge is 0.368 e. The molecule has 3 N–H and O–H groups in total. The van der Waals surface area contributed by atoms with Gasteiger partial charge < -0.3 is 11.1 Å². The molecule has 1 aliphatic heterocycles. The Bertz CT molecular complexity index is 410. The van der Waals surface area contributed by atoms with Crippen molar-refractivity contribution in [3.05, 3.63) is 34.3 Å². The molecule has 5 heteroatoms. The molecule has 0 spiro atoms. The maximum absolute atomic E-state index is 11.4. The van der Waals surface area contributed by atoms with Crippen LogP contribution in [0, 0.1) is 0 Å².